The summed E-state index contributed by atoms with van der Waals surface area (Å²) in [6.45, 7) is 0.386. The van der Waals surface area contributed by atoms with Crippen molar-refractivity contribution in [3.05, 3.63) is 105 Å². The van der Waals surface area contributed by atoms with Gasteiger partial charge in [-0.3, -0.25) is 9.36 Å². The first-order chi connectivity index (χ1) is 17.1. The number of anilines is 1. The van der Waals surface area contributed by atoms with Crippen LogP contribution in [0.25, 0.3) is 5.69 Å². The first-order valence-corrected chi connectivity index (χ1v) is 11.7. The molecule has 0 aliphatic rings. The lowest BCUT2D eigenvalue weighted by Crippen LogP contribution is -2.17. The second-order valence-electron chi connectivity index (χ2n) is 8.05. The lowest BCUT2D eigenvalue weighted by atomic mass is 10.1. The van der Waals surface area contributed by atoms with Gasteiger partial charge in [-0.25, -0.2) is 0 Å². The van der Waals surface area contributed by atoms with E-state index in [1.165, 1.54) is 16.7 Å². The number of carbonyl (C=O) groups excluding carboxylic acids is 1. The number of amides is 1. The lowest BCUT2D eigenvalue weighted by molar-refractivity contribution is -0.137. The van der Waals surface area contributed by atoms with Crippen LogP contribution in [-0.2, 0) is 30.4 Å². The number of hydrogen-bond donors (Lipinski definition) is 2. The molecule has 36 heavy (non-hydrogen) atoms. The summed E-state index contributed by atoms with van der Waals surface area (Å²) in [6.07, 6.45) is -4.14. The van der Waals surface area contributed by atoms with Gasteiger partial charge in [-0.15, -0.1) is 0 Å². The second-order valence-corrected chi connectivity index (χ2v) is 8.85. The van der Waals surface area contributed by atoms with Crippen LogP contribution in [0.3, 0.4) is 0 Å². The topological polar surface area (TPSA) is 59.2 Å². The maximum Gasteiger partial charge on any atom is 0.416 e. The quantitative estimate of drug-likeness (QED) is 0.258. The minimum absolute atomic E-state index is 0.176. The highest BCUT2D eigenvalue weighted by Crippen LogP contribution is 2.30. The Hall–Kier alpha value is -3.56. The second kappa shape index (κ2) is 10.6. The molecular formula is C26H21ClF3N3O2S. The molecule has 1 aromatic heterocycles. The van der Waals surface area contributed by atoms with Crippen LogP contribution in [0, 0.1) is 4.77 Å². The Labute approximate surface area is 215 Å². The highest BCUT2D eigenvalue weighted by molar-refractivity contribution is 7.71. The van der Waals surface area contributed by atoms with Crippen molar-refractivity contribution < 1.29 is 23.1 Å². The zero-order valence-corrected chi connectivity index (χ0v) is 20.4. The molecule has 0 aliphatic carbocycles. The summed E-state index contributed by atoms with van der Waals surface area (Å²) in [4.78, 5) is 12.8. The number of rotatable bonds is 7. The number of nitrogens with one attached hydrogen (secondary N) is 1. The van der Waals surface area contributed by atoms with Gasteiger partial charge in [-0.1, -0.05) is 41.9 Å². The van der Waals surface area contributed by atoms with E-state index < -0.39 is 17.6 Å². The number of aromatic nitrogens is 2. The van der Waals surface area contributed by atoms with Gasteiger partial charge in [-0.2, -0.15) is 13.2 Å². The van der Waals surface area contributed by atoms with E-state index in [9.17, 15) is 23.1 Å². The van der Waals surface area contributed by atoms with Gasteiger partial charge in [-0.05, 0) is 72.7 Å². The molecule has 4 rings (SSSR count). The van der Waals surface area contributed by atoms with Crippen molar-refractivity contribution in [2.45, 2.75) is 25.6 Å². The highest BCUT2D eigenvalue weighted by atomic mass is 35.5. The Bertz CT molecular complexity index is 1410. The van der Waals surface area contributed by atoms with Gasteiger partial charge >= 0.3 is 6.18 Å². The summed E-state index contributed by atoms with van der Waals surface area (Å²) < 4.78 is 41.9. The fourth-order valence-electron chi connectivity index (χ4n) is 3.78. The van der Waals surface area contributed by atoms with Gasteiger partial charge < -0.3 is 15.0 Å². The number of carbonyl (C=O) groups is 1. The van der Waals surface area contributed by atoms with E-state index in [0.717, 1.165) is 17.7 Å². The predicted molar refractivity (Wildman–Crippen MR) is 135 cm³/mol. The third-order valence-corrected chi connectivity index (χ3v) is 6.25. The molecule has 0 spiro atoms. The smallest absolute Gasteiger partial charge is 0.416 e. The van der Waals surface area contributed by atoms with Crippen LogP contribution in [0.1, 0.15) is 16.8 Å². The first-order valence-electron chi connectivity index (χ1n) is 10.9. The highest BCUT2D eigenvalue weighted by Gasteiger charge is 2.30. The minimum atomic E-state index is -4.47. The third kappa shape index (κ3) is 5.80. The summed E-state index contributed by atoms with van der Waals surface area (Å²) in [7, 11) is 0. The average molecular weight is 532 g/mol. The van der Waals surface area contributed by atoms with Gasteiger partial charge in [0.2, 0.25) is 11.8 Å². The maximum absolute atomic E-state index is 12.8. The Kier molecular flexibility index (Phi) is 7.51. The molecule has 4 aromatic rings. The molecule has 1 heterocycles. The zero-order chi connectivity index (χ0) is 25.9. The summed E-state index contributed by atoms with van der Waals surface area (Å²) in [6, 6.07) is 20.5. The van der Waals surface area contributed by atoms with Crippen LogP contribution in [0.5, 0.6) is 5.88 Å². The van der Waals surface area contributed by atoms with Crippen molar-refractivity contribution >= 4 is 35.4 Å². The number of aryl methyl sites for hydroxylation is 1. The molecule has 0 bridgehead atoms. The standard InChI is InChI=1S/C26H21ClF3N3O2S/c27-19-10-6-17(7-11-19)14-15-32-22(24(35)33(25(32)36)21-4-2-1-3-5-21)16-23(34)31-20-12-8-18(9-13-20)26(28,29)30/h1-13,35H,14-16H2,(H,31,34). The Morgan fingerprint density at radius 3 is 2.22 bits per heavy atom. The fraction of sp³-hybridized carbons (Fsp3) is 0.154. The number of para-hydroxylation sites is 1. The number of alkyl halides is 3. The molecule has 2 N–H and O–H groups in total. The van der Waals surface area contributed by atoms with Crippen LogP contribution in [0.2, 0.25) is 5.02 Å². The molecule has 10 heteroatoms. The van der Waals surface area contributed by atoms with Gasteiger partial charge in [0.05, 0.1) is 23.4 Å². The Balaban J connectivity index is 1.62. The van der Waals surface area contributed by atoms with Crippen molar-refractivity contribution in [2.24, 2.45) is 0 Å². The van der Waals surface area contributed by atoms with E-state index in [-0.39, 0.29) is 18.0 Å². The third-order valence-electron chi connectivity index (χ3n) is 5.59. The number of aromatic hydroxyl groups is 1. The summed E-state index contributed by atoms with van der Waals surface area (Å²) >= 11 is 11.6. The van der Waals surface area contributed by atoms with Crippen LogP contribution in [0.15, 0.2) is 78.9 Å². The molecule has 5 nitrogen and oxygen atoms in total. The SMILES string of the molecule is O=C(Cc1c(O)n(-c2ccccc2)c(=S)n1CCc1ccc(Cl)cc1)Nc1ccc(C(F)(F)F)cc1. The molecule has 0 unspecified atom stereocenters. The van der Waals surface area contributed by atoms with Crippen LogP contribution < -0.4 is 5.32 Å². The molecule has 0 fully saturated rings. The summed E-state index contributed by atoms with van der Waals surface area (Å²) in [5.74, 6) is -0.685. The van der Waals surface area contributed by atoms with E-state index in [0.29, 0.717) is 34.1 Å². The Morgan fingerprint density at radius 2 is 1.61 bits per heavy atom. The average Bonchev–Trinajstić information content (AvgIpc) is 3.07. The largest absolute Gasteiger partial charge is 0.493 e. The number of halogens is 4. The van der Waals surface area contributed by atoms with E-state index in [4.69, 9.17) is 23.8 Å². The summed E-state index contributed by atoms with van der Waals surface area (Å²) in [5.41, 5.74) is 1.32. The molecule has 0 aliphatic heterocycles. The molecule has 0 saturated heterocycles. The monoisotopic (exact) mass is 531 g/mol. The molecule has 1 amide bonds. The molecule has 0 radical (unpaired) electrons. The number of hydrogen-bond acceptors (Lipinski definition) is 3. The van der Waals surface area contributed by atoms with Crippen LogP contribution in [-0.4, -0.2) is 20.1 Å². The molecule has 3 aromatic carbocycles. The minimum Gasteiger partial charge on any atom is -0.493 e. The van der Waals surface area contributed by atoms with Crippen LogP contribution in [0.4, 0.5) is 18.9 Å². The lowest BCUT2D eigenvalue weighted by Gasteiger charge is -2.11. The zero-order valence-electron chi connectivity index (χ0n) is 18.8. The van der Waals surface area contributed by atoms with E-state index in [1.807, 2.05) is 18.2 Å². The summed E-state index contributed by atoms with van der Waals surface area (Å²) in [5, 5.41) is 14.3. The van der Waals surface area contributed by atoms with Gasteiger partial charge in [0.15, 0.2) is 4.77 Å². The fourth-order valence-corrected chi connectivity index (χ4v) is 4.30. The Morgan fingerprint density at radius 1 is 0.972 bits per heavy atom. The first kappa shape index (κ1) is 25.5. The van der Waals surface area contributed by atoms with Crippen molar-refractivity contribution in [3.63, 3.8) is 0 Å². The van der Waals surface area contributed by atoms with Crippen molar-refractivity contribution in [2.75, 3.05) is 5.32 Å². The molecule has 0 atom stereocenters. The van der Waals surface area contributed by atoms with Crippen molar-refractivity contribution in [1.82, 2.24) is 9.13 Å². The normalized spacial score (nSPS) is 11.4. The number of imidazole rings is 1. The van der Waals surface area contributed by atoms with Crippen molar-refractivity contribution in [1.29, 1.82) is 0 Å². The number of nitrogens with zero attached hydrogens (tertiary/aromatic N) is 2. The maximum atomic E-state index is 12.8. The predicted octanol–water partition coefficient (Wildman–Crippen LogP) is 6.81. The van der Waals surface area contributed by atoms with Crippen molar-refractivity contribution in [3.8, 4) is 11.6 Å². The van der Waals surface area contributed by atoms with E-state index >= 15 is 0 Å². The van der Waals surface area contributed by atoms with Gasteiger partial charge in [0, 0.05) is 17.3 Å². The van der Waals surface area contributed by atoms with Gasteiger partial charge in [0.1, 0.15) is 0 Å². The number of benzene rings is 3. The van der Waals surface area contributed by atoms with Crippen LogP contribution >= 0.6 is 23.8 Å². The van der Waals surface area contributed by atoms with E-state index in [2.05, 4.69) is 5.32 Å². The van der Waals surface area contributed by atoms with E-state index in [1.54, 1.807) is 41.0 Å². The van der Waals surface area contributed by atoms with Gasteiger partial charge in [0.25, 0.3) is 0 Å². The molecular weight excluding hydrogens is 511 g/mol. The molecule has 186 valence electrons. The molecule has 0 saturated carbocycles.